The van der Waals surface area contributed by atoms with E-state index in [1.54, 1.807) is 0 Å². The Kier molecular flexibility index (Phi) is 9.78. The highest BCUT2D eigenvalue weighted by Gasteiger charge is 2.16. The fraction of sp³-hybridized carbons (Fsp3) is 0.500. The molecule has 0 saturated carbocycles. The highest BCUT2D eigenvalue weighted by molar-refractivity contribution is 5.80. The Morgan fingerprint density at radius 1 is 1.04 bits per heavy atom. The summed E-state index contributed by atoms with van der Waals surface area (Å²) in [4.78, 5) is 32.9. The molecule has 1 aromatic rings. The van der Waals surface area contributed by atoms with E-state index in [4.69, 9.17) is 10.2 Å². The second-order valence-corrected chi connectivity index (χ2v) is 6.17. The number of benzene rings is 1. The van der Waals surface area contributed by atoms with Crippen LogP contribution in [0.4, 0.5) is 4.79 Å². The summed E-state index contributed by atoms with van der Waals surface area (Å²) in [6.45, 7) is 3.10. The molecule has 8 heteroatoms. The van der Waals surface area contributed by atoms with E-state index in [9.17, 15) is 14.4 Å². The summed E-state index contributed by atoms with van der Waals surface area (Å²) in [5.74, 6) is -2.17. The molecule has 0 aliphatic heterocycles. The molecule has 1 aromatic carbocycles. The maximum atomic E-state index is 11.6. The number of carboxylic acids is 2. The quantitative estimate of drug-likeness (QED) is 0.357. The minimum Gasteiger partial charge on any atom is -0.481 e. The van der Waals surface area contributed by atoms with Gasteiger partial charge in [0.2, 0.25) is 0 Å². The molecule has 1 atom stereocenters. The summed E-state index contributed by atoms with van der Waals surface area (Å²) >= 11 is 0. The van der Waals surface area contributed by atoms with Gasteiger partial charge >= 0.3 is 18.0 Å². The minimum atomic E-state index is -1.16. The van der Waals surface area contributed by atoms with Gasteiger partial charge in [-0.1, -0.05) is 36.2 Å². The molecule has 144 valence electrons. The van der Waals surface area contributed by atoms with Gasteiger partial charge in [-0.2, -0.15) is 0 Å². The van der Waals surface area contributed by atoms with Gasteiger partial charge in [-0.15, -0.1) is 0 Å². The molecule has 5 N–H and O–H groups in total. The van der Waals surface area contributed by atoms with Crippen LogP contribution < -0.4 is 16.0 Å². The lowest BCUT2D eigenvalue weighted by Gasteiger charge is -2.17. The Bertz CT molecular complexity index is 589. The van der Waals surface area contributed by atoms with Gasteiger partial charge in [-0.25, -0.2) is 4.79 Å². The SMILES string of the molecule is Cc1ccc(CNCCCCC(CC(=O)O)NC(=O)NCC(=O)O)cc1. The summed E-state index contributed by atoms with van der Waals surface area (Å²) in [6, 6.07) is 7.08. The summed E-state index contributed by atoms with van der Waals surface area (Å²) in [5.41, 5.74) is 2.43. The molecule has 0 heterocycles. The third-order valence-corrected chi connectivity index (χ3v) is 3.76. The van der Waals surface area contributed by atoms with Crippen LogP contribution in [0.5, 0.6) is 0 Å². The Morgan fingerprint density at radius 3 is 2.35 bits per heavy atom. The lowest BCUT2D eigenvalue weighted by molar-refractivity contribution is -0.138. The standard InChI is InChI=1S/C18H27N3O5/c1-13-5-7-14(8-6-13)11-19-9-3-2-4-15(10-16(22)23)21-18(26)20-12-17(24)25/h5-8,15,19H,2-4,9-12H2,1H3,(H,22,23)(H,24,25)(H2,20,21,26). The second kappa shape index (κ2) is 11.9. The van der Waals surface area contributed by atoms with Crippen LogP contribution >= 0.6 is 0 Å². The zero-order valence-corrected chi connectivity index (χ0v) is 15.0. The Balaban J connectivity index is 2.23. The average Bonchev–Trinajstić information content (AvgIpc) is 2.57. The molecule has 0 bridgehead atoms. The van der Waals surface area contributed by atoms with E-state index in [0.717, 1.165) is 25.9 Å². The number of hydrogen-bond donors (Lipinski definition) is 5. The number of urea groups is 1. The molecular weight excluding hydrogens is 338 g/mol. The predicted molar refractivity (Wildman–Crippen MR) is 96.9 cm³/mol. The van der Waals surface area contributed by atoms with Crippen molar-refractivity contribution in [2.45, 2.75) is 45.2 Å². The topological polar surface area (TPSA) is 128 Å². The molecule has 26 heavy (non-hydrogen) atoms. The number of hydrogen-bond acceptors (Lipinski definition) is 4. The molecule has 0 fully saturated rings. The highest BCUT2D eigenvalue weighted by Crippen LogP contribution is 2.06. The van der Waals surface area contributed by atoms with E-state index < -0.39 is 30.6 Å². The molecule has 8 nitrogen and oxygen atoms in total. The molecular formula is C18H27N3O5. The fourth-order valence-electron chi connectivity index (χ4n) is 2.41. The van der Waals surface area contributed by atoms with Crippen molar-refractivity contribution < 1.29 is 24.6 Å². The Morgan fingerprint density at radius 2 is 1.73 bits per heavy atom. The Hall–Kier alpha value is -2.61. The number of aryl methyl sites for hydroxylation is 1. The Labute approximate surface area is 153 Å². The fourth-order valence-corrected chi connectivity index (χ4v) is 2.41. The van der Waals surface area contributed by atoms with E-state index in [0.29, 0.717) is 6.42 Å². The van der Waals surface area contributed by atoms with Crippen LogP contribution in [0.25, 0.3) is 0 Å². The first-order chi connectivity index (χ1) is 12.4. The molecule has 0 aromatic heterocycles. The van der Waals surface area contributed by atoms with Gasteiger partial charge in [0.1, 0.15) is 6.54 Å². The number of carbonyl (C=O) groups excluding carboxylic acids is 1. The molecule has 2 amide bonds. The van der Waals surface area contributed by atoms with E-state index >= 15 is 0 Å². The van der Waals surface area contributed by atoms with Crippen LogP contribution in [0.2, 0.25) is 0 Å². The smallest absolute Gasteiger partial charge is 0.323 e. The normalized spacial score (nSPS) is 11.6. The molecule has 1 unspecified atom stereocenters. The third kappa shape index (κ3) is 10.3. The first-order valence-electron chi connectivity index (χ1n) is 8.61. The summed E-state index contributed by atoms with van der Waals surface area (Å²) in [7, 11) is 0. The summed E-state index contributed by atoms with van der Waals surface area (Å²) in [6.07, 6.45) is 1.91. The van der Waals surface area contributed by atoms with Crippen molar-refractivity contribution in [3.63, 3.8) is 0 Å². The van der Waals surface area contributed by atoms with Crippen molar-refractivity contribution in [2.24, 2.45) is 0 Å². The van der Waals surface area contributed by atoms with Gasteiger partial charge in [0, 0.05) is 12.6 Å². The number of carboxylic acid groups (broad SMARTS) is 2. The zero-order chi connectivity index (χ0) is 19.4. The molecule has 0 aliphatic rings. The van der Waals surface area contributed by atoms with Crippen molar-refractivity contribution in [3.8, 4) is 0 Å². The van der Waals surface area contributed by atoms with Crippen LogP contribution in [-0.2, 0) is 16.1 Å². The van der Waals surface area contributed by atoms with Crippen molar-refractivity contribution >= 4 is 18.0 Å². The van der Waals surface area contributed by atoms with Crippen LogP contribution in [0.15, 0.2) is 24.3 Å². The van der Waals surface area contributed by atoms with Crippen LogP contribution in [0, 0.1) is 6.92 Å². The second-order valence-electron chi connectivity index (χ2n) is 6.17. The van der Waals surface area contributed by atoms with Gasteiger partial charge in [0.25, 0.3) is 0 Å². The van der Waals surface area contributed by atoms with E-state index in [1.165, 1.54) is 11.1 Å². The first-order valence-corrected chi connectivity index (χ1v) is 8.61. The van der Waals surface area contributed by atoms with Gasteiger partial charge in [-0.3, -0.25) is 9.59 Å². The van der Waals surface area contributed by atoms with Gasteiger partial charge in [0.05, 0.1) is 6.42 Å². The van der Waals surface area contributed by atoms with Crippen molar-refractivity contribution in [3.05, 3.63) is 35.4 Å². The van der Waals surface area contributed by atoms with E-state index in [2.05, 4.69) is 40.2 Å². The van der Waals surface area contributed by atoms with E-state index in [1.807, 2.05) is 6.92 Å². The third-order valence-electron chi connectivity index (χ3n) is 3.76. The van der Waals surface area contributed by atoms with E-state index in [-0.39, 0.29) is 6.42 Å². The van der Waals surface area contributed by atoms with Gasteiger partial charge in [0.15, 0.2) is 0 Å². The predicted octanol–water partition coefficient (Wildman–Crippen LogP) is 1.48. The zero-order valence-electron chi connectivity index (χ0n) is 15.0. The largest absolute Gasteiger partial charge is 0.481 e. The lowest BCUT2D eigenvalue weighted by atomic mass is 10.1. The van der Waals surface area contributed by atoms with Crippen LogP contribution in [0.3, 0.4) is 0 Å². The highest BCUT2D eigenvalue weighted by atomic mass is 16.4. The molecule has 0 spiro atoms. The molecule has 0 saturated heterocycles. The van der Waals surface area contributed by atoms with Crippen LogP contribution in [0.1, 0.15) is 36.8 Å². The maximum Gasteiger partial charge on any atom is 0.323 e. The van der Waals surface area contributed by atoms with Crippen LogP contribution in [-0.4, -0.2) is 47.3 Å². The molecule has 0 aliphatic carbocycles. The van der Waals surface area contributed by atoms with Gasteiger partial charge < -0.3 is 26.2 Å². The summed E-state index contributed by atoms with van der Waals surface area (Å²) < 4.78 is 0. The number of carbonyl (C=O) groups is 3. The number of aliphatic carboxylic acids is 2. The number of amides is 2. The van der Waals surface area contributed by atoms with Crippen molar-refractivity contribution in [1.82, 2.24) is 16.0 Å². The molecule has 1 rings (SSSR count). The first kappa shape index (κ1) is 21.4. The number of unbranched alkanes of at least 4 members (excludes halogenated alkanes) is 1. The van der Waals surface area contributed by atoms with Gasteiger partial charge in [-0.05, 0) is 31.9 Å². The number of nitrogens with one attached hydrogen (secondary N) is 3. The summed E-state index contributed by atoms with van der Waals surface area (Å²) in [5, 5.41) is 25.4. The number of rotatable bonds is 12. The van der Waals surface area contributed by atoms with Crippen molar-refractivity contribution in [2.75, 3.05) is 13.1 Å². The average molecular weight is 365 g/mol. The maximum absolute atomic E-state index is 11.6. The molecule has 0 radical (unpaired) electrons. The van der Waals surface area contributed by atoms with Crippen molar-refractivity contribution in [1.29, 1.82) is 0 Å². The lowest BCUT2D eigenvalue weighted by Crippen LogP contribution is -2.44. The monoisotopic (exact) mass is 365 g/mol. The minimum absolute atomic E-state index is 0.197.